The number of pyridine rings is 1. The second-order valence-electron chi connectivity index (χ2n) is 5.54. The van der Waals surface area contributed by atoms with E-state index in [0.717, 1.165) is 25.8 Å². The first-order chi connectivity index (χ1) is 9.50. The molecule has 1 unspecified atom stereocenters. The summed E-state index contributed by atoms with van der Waals surface area (Å²) < 4.78 is 0. The van der Waals surface area contributed by atoms with Crippen molar-refractivity contribution in [1.82, 2.24) is 9.88 Å². The van der Waals surface area contributed by atoms with Crippen molar-refractivity contribution in [2.45, 2.75) is 39.2 Å². The highest BCUT2D eigenvalue weighted by molar-refractivity contribution is 5.96. The molecule has 1 aliphatic rings. The molecule has 1 aliphatic heterocycles. The van der Waals surface area contributed by atoms with Crippen molar-refractivity contribution in [3.05, 3.63) is 29.6 Å². The van der Waals surface area contributed by atoms with Gasteiger partial charge in [0.15, 0.2) is 0 Å². The first-order valence-electron chi connectivity index (χ1n) is 7.01. The Labute approximate surface area is 118 Å². The lowest BCUT2D eigenvalue weighted by atomic mass is 9.92. The van der Waals surface area contributed by atoms with Crippen LogP contribution in [0.2, 0.25) is 0 Å². The SMILES string of the molecule is CC(C)C1CCCCN1C(=O)c1cc(C(=O)O)ccn1. The van der Waals surface area contributed by atoms with Gasteiger partial charge in [0.1, 0.15) is 5.69 Å². The number of piperidine rings is 1. The zero-order chi connectivity index (χ0) is 14.7. The van der Waals surface area contributed by atoms with Gasteiger partial charge in [-0.3, -0.25) is 9.78 Å². The fourth-order valence-electron chi connectivity index (χ4n) is 2.73. The molecule has 20 heavy (non-hydrogen) atoms. The van der Waals surface area contributed by atoms with Crippen molar-refractivity contribution in [2.75, 3.05) is 6.54 Å². The molecular weight excluding hydrogens is 256 g/mol. The highest BCUT2D eigenvalue weighted by Crippen LogP contribution is 2.24. The Morgan fingerprint density at radius 3 is 2.80 bits per heavy atom. The number of carbonyl (C=O) groups is 2. The third kappa shape index (κ3) is 2.98. The van der Waals surface area contributed by atoms with Crippen LogP contribution in [0.4, 0.5) is 0 Å². The molecule has 0 spiro atoms. The smallest absolute Gasteiger partial charge is 0.335 e. The van der Waals surface area contributed by atoms with Gasteiger partial charge in [0.05, 0.1) is 5.56 Å². The van der Waals surface area contributed by atoms with Gasteiger partial charge in [0.2, 0.25) is 0 Å². The molecule has 2 rings (SSSR count). The van der Waals surface area contributed by atoms with Crippen LogP contribution in [0.15, 0.2) is 18.3 Å². The Kier molecular flexibility index (Phi) is 4.37. The molecule has 1 N–H and O–H groups in total. The molecular formula is C15H20N2O3. The summed E-state index contributed by atoms with van der Waals surface area (Å²) in [5.74, 6) is -0.811. The van der Waals surface area contributed by atoms with Gasteiger partial charge < -0.3 is 10.0 Å². The summed E-state index contributed by atoms with van der Waals surface area (Å²) in [5, 5.41) is 8.99. The van der Waals surface area contributed by atoms with E-state index in [9.17, 15) is 9.59 Å². The number of aromatic nitrogens is 1. The first kappa shape index (κ1) is 14.5. The van der Waals surface area contributed by atoms with Gasteiger partial charge in [-0.25, -0.2) is 4.79 Å². The summed E-state index contributed by atoms with van der Waals surface area (Å²) in [4.78, 5) is 29.4. The molecule has 0 saturated carbocycles. The van der Waals surface area contributed by atoms with Crippen LogP contribution in [0.25, 0.3) is 0 Å². The van der Waals surface area contributed by atoms with Crippen molar-refractivity contribution in [3.8, 4) is 0 Å². The third-order valence-electron chi connectivity index (χ3n) is 3.81. The van der Waals surface area contributed by atoms with Gasteiger partial charge >= 0.3 is 5.97 Å². The highest BCUT2D eigenvalue weighted by atomic mass is 16.4. The highest BCUT2D eigenvalue weighted by Gasteiger charge is 2.30. The molecule has 5 nitrogen and oxygen atoms in total. The van der Waals surface area contributed by atoms with Gasteiger partial charge in [-0.1, -0.05) is 13.8 Å². The number of amides is 1. The molecule has 0 aromatic carbocycles. The number of rotatable bonds is 3. The van der Waals surface area contributed by atoms with Crippen LogP contribution < -0.4 is 0 Å². The maximum Gasteiger partial charge on any atom is 0.335 e. The van der Waals surface area contributed by atoms with Crippen molar-refractivity contribution in [1.29, 1.82) is 0 Å². The zero-order valence-electron chi connectivity index (χ0n) is 11.9. The molecule has 1 aromatic heterocycles. The monoisotopic (exact) mass is 276 g/mol. The number of hydrogen-bond donors (Lipinski definition) is 1. The lowest BCUT2D eigenvalue weighted by Gasteiger charge is -2.38. The fourth-order valence-corrected chi connectivity index (χ4v) is 2.73. The Morgan fingerprint density at radius 1 is 1.40 bits per heavy atom. The Morgan fingerprint density at radius 2 is 2.15 bits per heavy atom. The molecule has 1 saturated heterocycles. The average Bonchev–Trinajstić information content (AvgIpc) is 2.46. The van der Waals surface area contributed by atoms with E-state index in [0.29, 0.717) is 5.92 Å². The zero-order valence-corrected chi connectivity index (χ0v) is 11.9. The predicted octanol–water partition coefficient (Wildman–Crippen LogP) is 2.43. The number of likely N-dealkylation sites (tertiary alicyclic amines) is 1. The molecule has 2 heterocycles. The summed E-state index contributed by atoms with van der Waals surface area (Å²) in [7, 11) is 0. The summed E-state index contributed by atoms with van der Waals surface area (Å²) in [6, 6.07) is 2.97. The van der Waals surface area contributed by atoms with Crippen LogP contribution in [-0.4, -0.2) is 39.5 Å². The van der Waals surface area contributed by atoms with Crippen LogP contribution >= 0.6 is 0 Å². The topological polar surface area (TPSA) is 70.5 Å². The normalized spacial score (nSPS) is 19.1. The number of carboxylic acids is 1. The molecule has 5 heteroatoms. The standard InChI is InChI=1S/C15H20N2O3/c1-10(2)13-5-3-4-8-17(13)14(18)12-9-11(15(19)20)6-7-16-12/h6-7,9-10,13H,3-5,8H2,1-2H3,(H,19,20). The van der Waals surface area contributed by atoms with E-state index < -0.39 is 5.97 Å². The lowest BCUT2D eigenvalue weighted by molar-refractivity contribution is 0.0537. The third-order valence-corrected chi connectivity index (χ3v) is 3.81. The van der Waals surface area contributed by atoms with Gasteiger partial charge in [0, 0.05) is 18.8 Å². The molecule has 0 radical (unpaired) electrons. The molecule has 1 aromatic rings. The number of carbonyl (C=O) groups excluding carboxylic acids is 1. The van der Waals surface area contributed by atoms with E-state index in [1.165, 1.54) is 18.3 Å². The summed E-state index contributed by atoms with van der Waals surface area (Å²) in [6.45, 7) is 4.94. The Hall–Kier alpha value is -1.91. The van der Waals surface area contributed by atoms with Crippen LogP contribution in [0.3, 0.4) is 0 Å². The molecule has 1 fully saturated rings. The number of nitrogens with zero attached hydrogens (tertiary/aromatic N) is 2. The summed E-state index contributed by atoms with van der Waals surface area (Å²) >= 11 is 0. The minimum Gasteiger partial charge on any atom is -0.478 e. The minimum atomic E-state index is -1.04. The summed E-state index contributed by atoms with van der Waals surface area (Å²) in [5.41, 5.74) is 0.318. The Balaban J connectivity index is 2.25. The van der Waals surface area contributed by atoms with Crippen LogP contribution in [0, 0.1) is 5.92 Å². The van der Waals surface area contributed by atoms with E-state index >= 15 is 0 Å². The quantitative estimate of drug-likeness (QED) is 0.920. The molecule has 0 aliphatic carbocycles. The molecule has 108 valence electrons. The number of hydrogen-bond acceptors (Lipinski definition) is 3. The maximum atomic E-state index is 12.6. The molecule has 1 amide bonds. The van der Waals surface area contributed by atoms with Crippen molar-refractivity contribution in [3.63, 3.8) is 0 Å². The van der Waals surface area contributed by atoms with E-state index in [4.69, 9.17) is 5.11 Å². The van der Waals surface area contributed by atoms with E-state index in [1.807, 2.05) is 4.90 Å². The summed E-state index contributed by atoms with van der Waals surface area (Å²) in [6.07, 6.45) is 4.51. The van der Waals surface area contributed by atoms with E-state index in [2.05, 4.69) is 18.8 Å². The van der Waals surface area contributed by atoms with Crippen molar-refractivity contribution in [2.24, 2.45) is 5.92 Å². The largest absolute Gasteiger partial charge is 0.478 e. The van der Waals surface area contributed by atoms with Gasteiger partial charge in [0.25, 0.3) is 5.91 Å². The molecule has 0 bridgehead atoms. The fraction of sp³-hybridized carbons (Fsp3) is 0.533. The van der Waals surface area contributed by atoms with Gasteiger partial charge in [-0.05, 0) is 37.3 Å². The number of aromatic carboxylic acids is 1. The van der Waals surface area contributed by atoms with Gasteiger partial charge in [-0.15, -0.1) is 0 Å². The average molecular weight is 276 g/mol. The minimum absolute atomic E-state index is 0.0986. The second-order valence-corrected chi connectivity index (χ2v) is 5.54. The van der Waals surface area contributed by atoms with Crippen LogP contribution in [0.5, 0.6) is 0 Å². The first-order valence-corrected chi connectivity index (χ1v) is 7.01. The van der Waals surface area contributed by atoms with Crippen LogP contribution in [0.1, 0.15) is 54.0 Å². The maximum absolute atomic E-state index is 12.6. The number of carboxylic acid groups (broad SMARTS) is 1. The van der Waals surface area contributed by atoms with Crippen molar-refractivity contribution < 1.29 is 14.7 Å². The van der Waals surface area contributed by atoms with E-state index in [1.54, 1.807) is 0 Å². The predicted molar refractivity (Wildman–Crippen MR) is 74.7 cm³/mol. The second kappa shape index (κ2) is 6.03. The van der Waals surface area contributed by atoms with Gasteiger partial charge in [-0.2, -0.15) is 0 Å². The Bertz CT molecular complexity index is 514. The lowest BCUT2D eigenvalue weighted by Crippen LogP contribution is -2.46. The van der Waals surface area contributed by atoms with Crippen LogP contribution in [-0.2, 0) is 0 Å². The molecule has 1 atom stereocenters. The van der Waals surface area contributed by atoms with Crippen molar-refractivity contribution >= 4 is 11.9 Å². The van der Waals surface area contributed by atoms with E-state index in [-0.39, 0.29) is 23.2 Å².